The maximum Gasteiger partial charge on any atom is 0.472 e. The summed E-state index contributed by atoms with van der Waals surface area (Å²) in [6.45, 7) is 5.05. The molecule has 103 heavy (non-hydrogen) atoms. The van der Waals surface area contributed by atoms with E-state index in [-0.39, 0.29) is 25.7 Å². The van der Waals surface area contributed by atoms with E-state index >= 15 is 0 Å². The summed E-state index contributed by atoms with van der Waals surface area (Å²) in [4.78, 5) is 73.1. The molecule has 2 unspecified atom stereocenters. The number of carbonyl (C=O) groups is 4. The Morgan fingerprint density at radius 2 is 0.388 bits per heavy atom. The molecule has 5 atom stereocenters. The Morgan fingerprint density at radius 3 is 0.573 bits per heavy atom. The summed E-state index contributed by atoms with van der Waals surface area (Å²) in [6, 6.07) is 0. The fourth-order valence-corrected chi connectivity index (χ4v) is 14.7. The van der Waals surface area contributed by atoms with Crippen LogP contribution in [0, 0.1) is 0 Å². The number of aliphatic hydroxyl groups excluding tert-OH is 1. The third-order valence-corrected chi connectivity index (χ3v) is 21.8. The number of phosphoric acid groups is 2. The van der Waals surface area contributed by atoms with Gasteiger partial charge in [0.15, 0.2) is 12.2 Å². The first-order valence-corrected chi connectivity index (χ1v) is 46.8. The van der Waals surface area contributed by atoms with Crippen LogP contribution >= 0.6 is 15.6 Å². The predicted octanol–water partition coefficient (Wildman–Crippen LogP) is 25.7. The average Bonchev–Trinajstić information content (AvgIpc) is 0.917. The normalized spacial score (nSPS) is 13.7. The van der Waals surface area contributed by atoms with E-state index in [4.69, 9.17) is 37.0 Å². The standard InChI is InChI=1S/C84H164O17P2/c1-5-9-13-17-21-25-29-33-36-37-38-39-40-41-42-44-47-51-55-59-63-67-71-84(89)101-80(75-95-82(87)69-65-61-57-53-49-46-43-34-30-26-22-18-14-10-6-2)77-99-103(92,93)97-73-78(85)72-96-102(90,91)98-76-79(74-94-81(86)68-64-60-56-52-48-32-28-24-20-16-12-8-4)100-83(88)70-66-62-58-54-50-45-35-31-27-23-19-15-11-7-3/h78-80,85H,5-77H2,1-4H3,(H,90,91)(H,92,93)/t78-,79+,80+/m0/s1. The van der Waals surface area contributed by atoms with Gasteiger partial charge in [0.2, 0.25) is 0 Å². The SMILES string of the molecule is CCCCCCCCCCCCCCCCCCCCCCCCC(=O)O[C@H](COC(=O)CCCCCCCCCCCCCCCCC)COP(=O)(O)OC[C@@H](O)COP(=O)(O)OC[C@@H](COC(=O)CCCCCCCCCCCCCC)OC(=O)CCCCCCCCCCCCCCCC. The molecule has 0 bridgehead atoms. The lowest BCUT2D eigenvalue weighted by Gasteiger charge is -2.21. The molecule has 0 saturated heterocycles. The van der Waals surface area contributed by atoms with Gasteiger partial charge in [0, 0.05) is 25.7 Å². The fourth-order valence-electron chi connectivity index (χ4n) is 13.2. The molecule has 0 heterocycles. The van der Waals surface area contributed by atoms with Crippen LogP contribution in [-0.2, 0) is 65.4 Å². The molecule has 17 nitrogen and oxygen atoms in total. The minimum Gasteiger partial charge on any atom is -0.462 e. The fraction of sp³-hybridized carbons (Fsp3) is 0.952. The van der Waals surface area contributed by atoms with Gasteiger partial charge in [0.05, 0.1) is 26.4 Å². The Bertz CT molecular complexity index is 1950. The smallest absolute Gasteiger partial charge is 0.462 e. The lowest BCUT2D eigenvalue weighted by molar-refractivity contribution is -0.161. The van der Waals surface area contributed by atoms with Crippen molar-refractivity contribution in [2.45, 2.75) is 476 Å². The molecule has 0 aromatic carbocycles. The summed E-state index contributed by atoms with van der Waals surface area (Å²) in [6.07, 6.45) is 72.1. The van der Waals surface area contributed by atoms with E-state index in [1.54, 1.807) is 0 Å². The maximum absolute atomic E-state index is 13.1. The summed E-state index contributed by atoms with van der Waals surface area (Å²) in [5.41, 5.74) is 0. The highest BCUT2D eigenvalue weighted by Gasteiger charge is 2.30. The van der Waals surface area contributed by atoms with Crippen molar-refractivity contribution in [3.63, 3.8) is 0 Å². The zero-order chi connectivity index (χ0) is 75.3. The summed E-state index contributed by atoms with van der Waals surface area (Å²) in [5, 5.41) is 10.7. The van der Waals surface area contributed by atoms with Gasteiger partial charge >= 0.3 is 39.5 Å². The Labute approximate surface area is 632 Å². The van der Waals surface area contributed by atoms with Crippen molar-refractivity contribution in [2.24, 2.45) is 0 Å². The van der Waals surface area contributed by atoms with Crippen LogP contribution in [0.1, 0.15) is 458 Å². The molecule has 19 heteroatoms. The molecule has 0 rings (SSSR count). The molecule has 612 valence electrons. The number of carbonyl (C=O) groups excluding carboxylic acids is 4. The van der Waals surface area contributed by atoms with Gasteiger partial charge in [-0.15, -0.1) is 0 Å². The van der Waals surface area contributed by atoms with Crippen LogP contribution in [0.25, 0.3) is 0 Å². The van der Waals surface area contributed by atoms with Crippen LogP contribution in [0.3, 0.4) is 0 Å². The molecule has 0 aromatic rings. The second kappa shape index (κ2) is 78.2. The second-order valence-electron chi connectivity index (χ2n) is 30.2. The second-order valence-corrected chi connectivity index (χ2v) is 33.1. The van der Waals surface area contributed by atoms with E-state index in [1.807, 2.05) is 0 Å². The third kappa shape index (κ3) is 78.0. The molecule has 0 aliphatic heterocycles. The van der Waals surface area contributed by atoms with Crippen molar-refractivity contribution in [2.75, 3.05) is 39.6 Å². The number of unbranched alkanes of at least 4 members (excludes halogenated alkanes) is 59. The van der Waals surface area contributed by atoms with Crippen LogP contribution in [-0.4, -0.2) is 96.7 Å². The summed E-state index contributed by atoms with van der Waals surface area (Å²) in [5.74, 6) is -2.10. The summed E-state index contributed by atoms with van der Waals surface area (Å²) in [7, 11) is -9.92. The Morgan fingerprint density at radius 1 is 0.233 bits per heavy atom. The van der Waals surface area contributed by atoms with Crippen molar-refractivity contribution in [3.8, 4) is 0 Å². The van der Waals surface area contributed by atoms with Crippen LogP contribution in [0.5, 0.6) is 0 Å². The van der Waals surface area contributed by atoms with Crippen molar-refractivity contribution in [1.29, 1.82) is 0 Å². The number of aliphatic hydroxyl groups is 1. The highest BCUT2D eigenvalue weighted by Crippen LogP contribution is 2.45. The Balaban J connectivity index is 5.22. The van der Waals surface area contributed by atoms with Crippen LogP contribution < -0.4 is 0 Å². The van der Waals surface area contributed by atoms with Crippen molar-refractivity contribution < 1.29 is 80.2 Å². The number of phosphoric ester groups is 2. The molecular formula is C84H164O17P2. The lowest BCUT2D eigenvalue weighted by atomic mass is 10.0. The number of ether oxygens (including phenoxy) is 4. The minimum atomic E-state index is -4.96. The Kier molecular flexibility index (Phi) is 76.7. The molecule has 0 fully saturated rings. The van der Waals surface area contributed by atoms with E-state index in [1.165, 1.54) is 289 Å². The average molecular weight is 1510 g/mol. The molecule has 3 N–H and O–H groups in total. The van der Waals surface area contributed by atoms with Gasteiger partial charge in [-0.2, -0.15) is 0 Å². The summed E-state index contributed by atoms with van der Waals surface area (Å²) >= 11 is 0. The predicted molar refractivity (Wildman–Crippen MR) is 423 cm³/mol. The molecular weight excluding hydrogens is 1340 g/mol. The van der Waals surface area contributed by atoms with Crippen molar-refractivity contribution in [1.82, 2.24) is 0 Å². The van der Waals surface area contributed by atoms with E-state index in [0.29, 0.717) is 25.7 Å². The maximum atomic E-state index is 13.1. The van der Waals surface area contributed by atoms with E-state index in [0.717, 1.165) is 89.9 Å². The van der Waals surface area contributed by atoms with E-state index in [2.05, 4.69) is 27.7 Å². The number of rotatable bonds is 85. The molecule has 0 saturated carbocycles. The van der Waals surface area contributed by atoms with Gasteiger partial charge in [-0.25, -0.2) is 9.13 Å². The lowest BCUT2D eigenvalue weighted by Crippen LogP contribution is -2.30. The number of esters is 4. The van der Waals surface area contributed by atoms with Crippen molar-refractivity contribution >= 4 is 39.5 Å². The number of hydrogen-bond acceptors (Lipinski definition) is 15. The van der Waals surface area contributed by atoms with Gasteiger partial charge in [-0.05, 0) is 25.7 Å². The van der Waals surface area contributed by atoms with Crippen LogP contribution in [0.2, 0.25) is 0 Å². The largest absolute Gasteiger partial charge is 0.472 e. The molecule has 0 aromatic heterocycles. The quantitative estimate of drug-likeness (QED) is 0.0222. The molecule has 0 radical (unpaired) electrons. The van der Waals surface area contributed by atoms with E-state index in [9.17, 15) is 43.2 Å². The highest BCUT2D eigenvalue weighted by atomic mass is 31.2. The third-order valence-electron chi connectivity index (χ3n) is 19.9. The molecule has 0 aliphatic rings. The van der Waals surface area contributed by atoms with Gasteiger partial charge < -0.3 is 33.8 Å². The van der Waals surface area contributed by atoms with Gasteiger partial charge in [0.1, 0.15) is 19.3 Å². The highest BCUT2D eigenvalue weighted by molar-refractivity contribution is 7.47. The minimum absolute atomic E-state index is 0.109. The van der Waals surface area contributed by atoms with Gasteiger partial charge in [0.25, 0.3) is 0 Å². The topological polar surface area (TPSA) is 237 Å². The molecule has 0 aliphatic carbocycles. The molecule has 0 spiro atoms. The molecule has 0 amide bonds. The first kappa shape index (κ1) is 101. The first-order chi connectivity index (χ1) is 50.2. The first-order valence-electron chi connectivity index (χ1n) is 43.8. The Hall–Kier alpha value is -1.94. The van der Waals surface area contributed by atoms with E-state index < -0.39 is 97.5 Å². The van der Waals surface area contributed by atoms with Gasteiger partial charge in [-0.1, -0.05) is 407 Å². The van der Waals surface area contributed by atoms with Crippen LogP contribution in [0.4, 0.5) is 0 Å². The monoisotopic (exact) mass is 1510 g/mol. The summed E-state index contributed by atoms with van der Waals surface area (Å²) < 4.78 is 68.8. The zero-order valence-corrected chi connectivity index (χ0v) is 69.1. The number of hydrogen-bond donors (Lipinski definition) is 3. The van der Waals surface area contributed by atoms with Crippen molar-refractivity contribution in [3.05, 3.63) is 0 Å². The van der Waals surface area contributed by atoms with Crippen LogP contribution in [0.15, 0.2) is 0 Å². The zero-order valence-electron chi connectivity index (χ0n) is 67.3. The van der Waals surface area contributed by atoms with Gasteiger partial charge in [-0.3, -0.25) is 37.3 Å².